The van der Waals surface area contributed by atoms with Gasteiger partial charge in [0.25, 0.3) is 5.78 Å². The SMILES string of the molecule is CCCCOC[P+]([O-])=CC(C(=O)O)C(=O)C(=O)O. The topological polar surface area (TPSA) is 124 Å². The number of carbonyl (C=O) groups excluding carboxylic acids is 1. The summed E-state index contributed by atoms with van der Waals surface area (Å²) in [5.41, 5.74) is 0. The first-order chi connectivity index (χ1) is 8.40. The van der Waals surface area contributed by atoms with Crippen molar-refractivity contribution in [3.63, 3.8) is 0 Å². The molecule has 8 heteroatoms. The molecule has 7 nitrogen and oxygen atoms in total. The summed E-state index contributed by atoms with van der Waals surface area (Å²) in [7, 11) is -2.19. The van der Waals surface area contributed by atoms with Crippen LogP contribution in [0, 0.1) is 5.92 Å². The van der Waals surface area contributed by atoms with Crippen LogP contribution in [-0.2, 0) is 19.1 Å². The fourth-order valence-electron chi connectivity index (χ4n) is 0.987. The largest absolute Gasteiger partial charge is 0.629 e. The standard InChI is InChI=1S/C10H15O7P/c1-2-3-4-17-6-18(16)5-7(9(12)13)8(11)10(14)15/h5,7H,2-4,6H2,1H3,(H,12,13)(H,14,15). The minimum Gasteiger partial charge on any atom is -0.629 e. The first-order valence-corrected chi connectivity index (χ1v) is 6.78. The Hall–Kier alpha value is -1.30. The van der Waals surface area contributed by atoms with Gasteiger partial charge in [0.1, 0.15) is 5.80 Å². The lowest BCUT2D eigenvalue weighted by Gasteiger charge is -2.04. The summed E-state index contributed by atoms with van der Waals surface area (Å²) < 4.78 is 4.99. The van der Waals surface area contributed by atoms with E-state index in [0.717, 1.165) is 12.8 Å². The van der Waals surface area contributed by atoms with Crippen LogP contribution in [-0.4, -0.2) is 46.7 Å². The second-order valence-corrected chi connectivity index (χ2v) is 4.83. The van der Waals surface area contributed by atoms with Gasteiger partial charge in [-0.15, -0.1) is 0 Å². The van der Waals surface area contributed by atoms with Crippen molar-refractivity contribution in [2.75, 3.05) is 13.0 Å². The van der Waals surface area contributed by atoms with Crippen LogP contribution in [0.4, 0.5) is 0 Å². The fraction of sp³-hybridized carbons (Fsp3) is 0.600. The molecule has 18 heavy (non-hydrogen) atoms. The normalized spacial score (nSPS) is 13.1. The molecule has 0 aliphatic heterocycles. The van der Waals surface area contributed by atoms with E-state index in [2.05, 4.69) is 0 Å². The Labute approximate surface area is 105 Å². The van der Waals surface area contributed by atoms with Crippen LogP contribution < -0.4 is 4.89 Å². The number of hydrogen-bond acceptors (Lipinski definition) is 5. The van der Waals surface area contributed by atoms with Crippen molar-refractivity contribution in [1.29, 1.82) is 0 Å². The second kappa shape index (κ2) is 8.74. The number of aliphatic carboxylic acids is 2. The average molecular weight is 278 g/mol. The highest BCUT2D eigenvalue weighted by atomic mass is 31.1. The highest BCUT2D eigenvalue weighted by molar-refractivity contribution is 7.50. The van der Waals surface area contributed by atoms with Crippen molar-refractivity contribution in [3.05, 3.63) is 0 Å². The summed E-state index contributed by atoms with van der Waals surface area (Å²) in [5, 5.41) is 17.1. The molecular weight excluding hydrogens is 263 g/mol. The van der Waals surface area contributed by atoms with Gasteiger partial charge in [-0.25, -0.2) is 4.79 Å². The molecule has 0 heterocycles. The molecule has 0 fully saturated rings. The molecule has 0 amide bonds. The van der Waals surface area contributed by atoms with Crippen LogP contribution in [0.1, 0.15) is 19.8 Å². The maximum absolute atomic E-state index is 11.4. The van der Waals surface area contributed by atoms with Crippen LogP contribution >= 0.6 is 7.77 Å². The second-order valence-electron chi connectivity index (χ2n) is 3.44. The van der Waals surface area contributed by atoms with Crippen molar-refractivity contribution in [2.45, 2.75) is 19.8 Å². The third-order valence-corrected chi connectivity index (χ3v) is 3.00. The van der Waals surface area contributed by atoms with Gasteiger partial charge in [0.05, 0.1) is 14.4 Å². The fourth-order valence-corrected chi connectivity index (χ4v) is 1.98. The number of hydrogen-bond donors (Lipinski definition) is 2. The smallest absolute Gasteiger partial charge is 0.373 e. The molecule has 0 aromatic carbocycles. The summed E-state index contributed by atoms with van der Waals surface area (Å²) >= 11 is 0. The van der Waals surface area contributed by atoms with Gasteiger partial charge in [-0.05, 0) is 6.42 Å². The first kappa shape index (κ1) is 16.7. The van der Waals surface area contributed by atoms with Gasteiger partial charge < -0.3 is 19.8 Å². The molecule has 0 aliphatic rings. The minimum atomic E-state index is -2.19. The van der Waals surface area contributed by atoms with Gasteiger partial charge in [0.2, 0.25) is 6.35 Å². The van der Waals surface area contributed by atoms with Gasteiger partial charge in [0, 0.05) is 0 Å². The third kappa shape index (κ3) is 6.44. The van der Waals surface area contributed by atoms with Gasteiger partial charge in [-0.1, -0.05) is 13.3 Å². The Kier molecular flexibility index (Phi) is 8.11. The van der Waals surface area contributed by atoms with E-state index < -0.39 is 31.4 Å². The number of ether oxygens (including phenoxy) is 1. The van der Waals surface area contributed by atoms with Crippen LogP contribution in [0.5, 0.6) is 0 Å². The molecule has 0 aromatic heterocycles. The molecule has 2 atom stereocenters. The molecular formula is C10H15O7P. The highest BCUT2D eigenvalue weighted by Gasteiger charge is 2.32. The van der Waals surface area contributed by atoms with Gasteiger partial charge in [-0.3, -0.25) is 9.59 Å². The van der Waals surface area contributed by atoms with E-state index >= 15 is 0 Å². The number of unbranched alkanes of at least 4 members (excludes halogenated alkanes) is 1. The Balaban J connectivity index is 4.50. The van der Waals surface area contributed by atoms with Crippen LogP contribution in [0.3, 0.4) is 0 Å². The quantitative estimate of drug-likeness (QED) is 0.256. The molecule has 0 bridgehead atoms. The predicted octanol–water partition coefficient (Wildman–Crippen LogP) is -0.325. The summed E-state index contributed by atoms with van der Waals surface area (Å²) in [4.78, 5) is 43.5. The lowest BCUT2D eigenvalue weighted by molar-refractivity contribution is -0.158. The number of carbonyl (C=O) groups is 3. The zero-order valence-electron chi connectivity index (χ0n) is 9.87. The maximum Gasteiger partial charge on any atom is 0.373 e. The van der Waals surface area contributed by atoms with Gasteiger partial charge in [0.15, 0.2) is 5.92 Å². The molecule has 0 saturated carbocycles. The van der Waals surface area contributed by atoms with E-state index in [9.17, 15) is 19.3 Å². The maximum atomic E-state index is 11.4. The van der Waals surface area contributed by atoms with Gasteiger partial charge in [-0.2, -0.15) is 0 Å². The molecule has 2 N–H and O–H groups in total. The molecule has 0 rings (SSSR count). The van der Waals surface area contributed by atoms with E-state index in [0.29, 0.717) is 12.4 Å². The van der Waals surface area contributed by atoms with Crippen molar-refractivity contribution < 1.29 is 34.2 Å². The highest BCUT2D eigenvalue weighted by Crippen LogP contribution is 2.13. The van der Waals surface area contributed by atoms with Crippen molar-refractivity contribution >= 4 is 31.3 Å². The van der Waals surface area contributed by atoms with Crippen LogP contribution in [0.15, 0.2) is 0 Å². The summed E-state index contributed by atoms with van der Waals surface area (Å²) in [6, 6.07) is 0. The van der Waals surface area contributed by atoms with E-state index in [1.54, 1.807) is 0 Å². The Morgan fingerprint density at radius 1 is 1.39 bits per heavy atom. The molecule has 2 unspecified atom stereocenters. The number of carboxylic acids is 2. The van der Waals surface area contributed by atoms with E-state index in [-0.39, 0.29) is 6.35 Å². The molecule has 0 aliphatic carbocycles. The third-order valence-electron chi connectivity index (χ3n) is 1.94. The molecule has 102 valence electrons. The monoisotopic (exact) mass is 278 g/mol. The summed E-state index contributed by atoms with van der Waals surface area (Å²) in [6.45, 7) is 2.33. The Bertz CT molecular complexity index is 350. The van der Waals surface area contributed by atoms with E-state index in [4.69, 9.17) is 14.9 Å². The first-order valence-electron chi connectivity index (χ1n) is 5.26. The molecule has 0 aromatic rings. The number of Topliss-reactive ketones (excluding diaryl/α,β-unsaturated/α-hetero) is 1. The van der Waals surface area contributed by atoms with Crippen LogP contribution in [0.25, 0.3) is 0 Å². The predicted molar refractivity (Wildman–Crippen MR) is 62.5 cm³/mol. The zero-order valence-corrected chi connectivity index (χ0v) is 10.8. The van der Waals surface area contributed by atoms with E-state index in [1.165, 1.54) is 0 Å². The summed E-state index contributed by atoms with van der Waals surface area (Å²) in [5.74, 6) is -6.21. The van der Waals surface area contributed by atoms with Crippen molar-refractivity contribution in [3.8, 4) is 0 Å². The Morgan fingerprint density at radius 2 is 2.00 bits per heavy atom. The molecule has 0 spiro atoms. The van der Waals surface area contributed by atoms with Crippen molar-refractivity contribution in [2.24, 2.45) is 5.92 Å². The number of rotatable bonds is 9. The van der Waals surface area contributed by atoms with Gasteiger partial charge >= 0.3 is 11.9 Å². The zero-order chi connectivity index (χ0) is 14.1. The lowest BCUT2D eigenvalue weighted by atomic mass is 10.1. The minimum absolute atomic E-state index is 0.216. The number of ketones is 1. The Morgan fingerprint density at radius 3 is 2.44 bits per heavy atom. The lowest BCUT2D eigenvalue weighted by Crippen LogP contribution is -2.31. The van der Waals surface area contributed by atoms with E-state index in [1.807, 2.05) is 6.92 Å². The van der Waals surface area contributed by atoms with Crippen molar-refractivity contribution in [1.82, 2.24) is 0 Å². The molecule has 0 saturated heterocycles. The average Bonchev–Trinajstić information content (AvgIpc) is 2.30. The summed E-state index contributed by atoms with van der Waals surface area (Å²) in [6.07, 6.45) is 1.46. The van der Waals surface area contributed by atoms with Crippen LogP contribution in [0.2, 0.25) is 0 Å². The molecule has 0 radical (unpaired) electrons. The number of carboxylic acid groups (broad SMARTS) is 2.